The number of nitro groups is 1. The number of nitrogens with zero attached hydrogens (tertiary/aromatic N) is 2. The lowest BCUT2D eigenvalue weighted by Gasteiger charge is -2.28. The van der Waals surface area contributed by atoms with Crippen molar-refractivity contribution < 1.29 is 28.7 Å². The van der Waals surface area contributed by atoms with E-state index in [0.717, 1.165) is 0 Å². The number of hydrogen-bond donors (Lipinski definition) is 2. The first-order chi connectivity index (χ1) is 16.0. The van der Waals surface area contributed by atoms with Crippen molar-refractivity contribution in [2.45, 2.75) is 6.61 Å². The van der Waals surface area contributed by atoms with Gasteiger partial charge in [-0.05, 0) is 42.5 Å². The number of anilines is 2. The maximum absolute atomic E-state index is 12.9. The Bertz CT molecular complexity index is 1170. The van der Waals surface area contributed by atoms with E-state index in [1.54, 1.807) is 42.5 Å². The first-order valence-corrected chi connectivity index (χ1v) is 10.3. The van der Waals surface area contributed by atoms with E-state index in [9.17, 15) is 20.0 Å². The molecule has 2 aromatic carbocycles. The van der Waals surface area contributed by atoms with Gasteiger partial charge in [0.05, 0.1) is 30.8 Å². The quantitative estimate of drug-likeness (QED) is 0.411. The van der Waals surface area contributed by atoms with Gasteiger partial charge in [-0.2, -0.15) is 0 Å². The summed E-state index contributed by atoms with van der Waals surface area (Å²) in [6.07, 6.45) is 0. The van der Waals surface area contributed by atoms with Crippen LogP contribution < -0.4 is 15.0 Å². The molecule has 0 spiro atoms. The average Bonchev–Trinajstić information content (AvgIpc) is 3.33. The fourth-order valence-corrected chi connectivity index (χ4v) is 3.67. The second-order valence-electron chi connectivity index (χ2n) is 7.35. The second kappa shape index (κ2) is 9.72. The minimum Gasteiger partial charge on any atom is -0.496 e. The van der Waals surface area contributed by atoms with E-state index in [4.69, 9.17) is 13.9 Å². The van der Waals surface area contributed by atoms with Crippen LogP contribution in [0.3, 0.4) is 0 Å². The van der Waals surface area contributed by atoms with E-state index in [2.05, 4.69) is 5.32 Å². The number of carbonyl (C=O) groups excluding carboxylic acids is 1. The van der Waals surface area contributed by atoms with Gasteiger partial charge in [0.1, 0.15) is 29.6 Å². The van der Waals surface area contributed by atoms with Crippen LogP contribution in [-0.4, -0.2) is 49.4 Å². The molecule has 0 bridgehead atoms. The molecule has 0 radical (unpaired) electrons. The van der Waals surface area contributed by atoms with Gasteiger partial charge in [-0.25, -0.2) is 0 Å². The Morgan fingerprint density at radius 2 is 1.97 bits per heavy atom. The highest BCUT2D eigenvalue weighted by atomic mass is 16.6. The summed E-state index contributed by atoms with van der Waals surface area (Å²) in [5, 5.41) is 23.7. The number of nitrogens with one attached hydrogen (secondary N) is 1. The Morgan fingerprint density at radius 3 is 2.64 bits per heavy atom. The van der Waals surface area contributed by atoms with E-state index >= 15 is 0 Å². The molecule has 10 heteroatoms. The summed E-state index contributed by atoms with van der Waals surface area (Å²) >= 11 is 0. The molecule has 0 unspecified atom stereocenters. The number of aliphatic hydroxyl groups excluding tert-OH is 1. The van der Waals surface area contributed by atoms with Crippen LogP contribution in [0.1, 0.15) is 16.1 Å². The van der Waals surface area contributed by atoms with Crippen LogP contribution in [0.25, 0.3) is 11.3 Å². The lowest BCUT2D eigenvalue weighted by atomic mass is 10.1. The Balaban J connectivity index is 1.59. The van der Waals surface area contributed by atoms with Gasteiger partial charge in [-0.15, -0.1) is 0 Å². The van der Waals surface area contributed by atoms with Gasteiger partial charge < -0.3 is 29.2 Å². The molecule has 33 heavy (non-hydrogen) atoms. The smallest absolute Gasteiger partial charge is 0.293 e. The zero-order chi connectivity index (χ0) is 23.4. The van der Waals surface area contributed by atoms with Gasteiger partial charge in [0.2, 0.25) is 0 Å². The zero-order valence-corrected chi connectivity index (χ0v) is 17.9. The van der Waals surface area contributed by atoms with Crippen molar-refractivity contribution in [2.75, 3.05) is 43.6 Å². The summed E-state index contributed by atoms with van der Waals surface area (Å²) in [6.45, 7) is 1.85. The third-order valence-electron chi connectivity index (χ3n) is 5.33. The van der Waals surface area contributed by atoms with Crippen molar-refractivity contribution in [3.8, 4) is 17.1 Å². The summed E-state index contributed by atoms with van der Waals surface area (Å²) < 4.78 is 16.3. The molecule has 1 fully saturated rings. The van der Waals surface area contributed by atoms with E-state index in [1.807, 2.05) is 4.90 Å². The zero-order valence-electron chi connectivity index (χ0n) is 17.9. The number of morpholine rings is 1. The average molecular weight is 453 g/mol. The standard InChI is InChI=1S/C23H23N3O7/c1-31-21-6-3-16(13-18(21)22-7-4-17(14-27)33-22)24-23(28)15-2-5-19(20(12-15)26(29)30)25-8-10-32-11-9-25/h2-7,12-13,27H,8-11,14H2,1H3,(H,24,28). The van der Waals surface area contributed by atoms with Crippen molar-refractivity contribution in [3.05, 3.63) is 70.0 Å². The van der Waals surface area contributed by atoms with Gasteiger partial charge in [-0.3, -0.25) is 14.9 Å². The number of nitro benzene ring substituents is 1. The molecular formula is C23H23N3O7. The van der Waals surface area contributed by atoms with Gasteiger partial charge in [-0.1, -0.05) is 0 Å². The number of aliphatic hydroxyl groups is 1. The Hall–Kier alpha value is -3.89. The number of benzene rings is 2. The number of hydrogen-bond acceptors (Lipinski definition) is 8. The molecule has 1 aliphatic rings. The Kier molecular flexibility index (Phi) is 6.57. The highest BCUT2D eigenvalue weighted by molar-refractivity contribution is 6.05. The molecule has 1 amide bonds. The minimum atomic E-state index is -0.488. The minimum absolute atomic E-state index is 0.132. The van der Waals surface area contributed by atoms with Gasteiger partial charge >= 0.3 is 0 Å². The van der Waals surface area contributed by atoms with E-state index in [1.165, 1.54) is 13.2 Å². The maximum Gasteiger partial charge on any atom is 0.293 e. The van der Waals surface area contributed by atoms with Gasteiger partial charge in [0.15, 0.2) is 0 Å². The molecule has 1 saturated heterocycles. The molecule has 172 valence electrons. The van der Waals surface area contributed by atoms with Crippen LogP contribution in [-0.2, 0) is 11.3 Å². The first kappa shape index (κ1) is 22.3. The topological polar surface area (TPSA) is 127 Å². The number of ether oxygens (including phenoxy) is 2. The first-order valence-electron chi connectivity index (χ1n) is 10.3. The van der Waals surface area contributed by atoms with Crippen molar-refractivity contribution in [2.24, 2.45) is 0 Å². The number of amides is 1. The number of furan rings is 1. The third kappa shape index (κ3) is 4.81. The summed E-state index contributed by atoms with van der Waals surface area (Å²) in [5.41, 5.74) is 1.54. The lowest BCUT2D eigenvalue weighted by Crippen LogP contribution is -2.36. The SMILES string of the molecule is COc1ccc(NC(=O)c2ccc(N3CCOCC3)c([N+](=O)[O-])c2)cc1-c1ccc(CO)o1. The van der Waals surface area contributed by atoms with Crippen LogP contribution in [0.2, 0.25) is 0 Å². The molecule has 0 saturated carbocycles. The van der Waals surface area contributed by atoms with Crippen LogP contribution in [0.4, 0.5) is 17.1 Å². The molecule has 4 rings (SSSR count). The molecule has 10 nitrogen and oxygen atoms in total. The molecule has 2 N–H and O–H groups in total. The molecule has 1 aliphatic heterocycles. The fourth-order valence-electron chi connectivity index (χ4n) is 3.67. The number of carbonyl (C=O) groups is 1. The number of rotatable bonds is 7. The Morgan fingerprint density at radius 1 is 1.18 bits per heavy atom. The maximum atomic E-state index is 12.9. The monoisotopic (exact) mass is 453 g/mol. The summed E-state index contributed by atoms with van der Waals surface area (Å²) in [6, 6.07) is 12.8. The summed E-state index contributed by atoms with van der Waals surface area (Å²) in [5.74, 6) is 0.905. The summed E-state index contributed by atoms with van der Waals surface area (Å²) in [4.78, 5) is 25.9. The van der Waals surface area contributed by atoms with Crippen molar-refractivity contribution in [1.82, 2.24) is 0 Å². The van der Waals surface area contributed by atoms with E-state index < -0.39 is 10.8 Å². The predicted octanol–water partition coefficient (Wildman–Crippen LogP) is 3.44. The van der Waals surface area contributed by atoms with E-state index in [0.29, 0.717) is 60.5 Å². The Labute approximate surface area is 189 Å². The van der Waals surface area contributed by atoms with Crippen LogP contribution in [0.15, 0.2) is 52.9 Å². The van der Waals surface area contributed by atoms with Gasteiger partial charge in [0.25, 0.3) is 11.6 Å². The fraction of sp³-hybridized carbons (Fsp3) is 0.261. The van der Waals surface area contributed by atoms with Gasteiger partial charge in [0, 0.05) is 30.4 Å². The highest BCUT2D eigenvalue weighted by Gasteiger charge is 2.23. The molecule has 3 aromatic rings. The largest absolute Gasteiger partial charge is 0.496 e. The van der Waals surface area contributed by atoms with E-state index in [-0.39, 0.29) is 17.9 Å². The van der Waals surface area contributed by atoms with Crippen molar-refractivity contribution in [3.63, 3.8) is 0 Å². The molecule has 0 aliphatic carbocycles. The van der Waals surface area contributed by atoms with Crippen LogP contribution >= 0.6 is 0 Å². The van der Waals surface area contributed by atoms with Crippen LogP contribution in [0.5, 0.6) is 5.75 Å². The lowest BCUT2D eigenvalue weighted by molar-refractivity contribution is -0.384. The molecule has 1 aromatic heterocycles. The van der Waals surface area contributed by atoms with Crippen molar-refractivity contribution >= 4 is 23.0 Å². The van der Waals surface area contributed by atoms with Crippen molar-refractivity contribution in [1.29, 1.82) is 0 Å². The predicted molar refractivity (Wildman–Crippen MR) is 121 cm³/mol. The second-order valence-corrected chi connectivity index (χ2v) is 7.35. The van der Waals surface area contributed by atoms with Crippen LogP contribution in [0, 0.1) is 10.1 Å². The highest BCUT2D eigenvalue weighted by Crippen LogP contribution is 2.34. The summed E-state index contributed by atoms with van der Waals surface area (Å²) in [7, 11) is 1.52. The third-order valence-corrected chi connectivity index (χ3v) is 5.33. The molecular weight excluding hydrogens is 430 g/mol. The molecule has 2 heterocycles. The normalized spacial score (nSPS) is 13.6. The number of methoxy groups -OCH3 is 1. The molecule has 0 atom stereocenters.